The third-order valence-corrected chi connectivity index (χ3v) is 4.40. The summed E-state index contributed by atoms with van der Waals surface area (Å²) in [5.41, 5.74) is 0. The van der Waals surface area contributed by atoms with Crippen LogP contribution >= 0.6 is 11.3 Å². The Morgan fingerprint density at radius 3 is 3.12 bits per heavy atom. The molecule has 2 N–H and O–H groups in total. The third-order valence-electron chi connectivity index (χ3n) is 3.17. The number of aryl methyl sites for hydroxylation is 1. The molecular weight excluding hydrogens is 232 g/mol. The van der Waals surface area contributed by atoms with Crippen LogP contribution in [0.15, 0.2) is 12.1 Å². The second-order valence-corrected chi connectivity index (χ2v) is 5.63. The van der Waals surface area contributed by atoms with E-state index >= 15 is 0 Å². The predicted octanol–water partition coefficient (Wildman–Crippen LogP) is 2.18. The Morgan fingerprint density at radius 1 is 1.59 bits per heavy atom. The van der Waals surface area contributed by atoms with Crippen LogP contribution in [0, 0.1) is 0 Å². The van der Waals surface area contributed by atoms with Crippen molar-refractivity contribution in [3.05, 3.63) is 21.9 Å². The van der Waals surface area contributed by atoms with Crippen LogP contribution in [0.1, 0.15) is 40.7 Å². The number of carbonyl (C=O) groups is 1. The molecule has 0 aliphatic carbocycles. The molecule has 1 fully saturated rings. The van der Waals surface area contributed by atoms with Crippen LogP contribution in [0.3, 0.4) is 0 Å². The number of nitrogens with one attached hydrogen (secondary N) is 2. The highest BCUT2D eigenvalue weighted by Crippen LogP contribution is 2.16. The maximum absolute atomic E-state index is 11.8. The van der Waals surface area contributed by atoms with Crippen LogP contribution in [0.5, 0.6) is 0 Å². The molecule has 1 saturated heterocycles. The van der Waals surface area contributed by atoms with Gasteiger partial charge in [0.15, 0.2) is 0 Å². The molecule has 3 nitrogen and oxygen atoms in total. The van der Waals surface area contributed by atoms with Crippen molar-refractivity contribution >= 4 is 17.2 Å². The van der Waals surface area contributed by atoms with E-state index in [0.29, 0.717) is 6.04 Å². The Labute approximate surface area is 107 Å². The highest BCUT2D eigenvalue weighted by Gasteiger charge is 2.14. The van der Waals surface area contributed by atoms with Crippen molar-refractivity contribution in [1.29, 1.82) is 0 Å². The Balaban J connectivity index is 1.72. The first kappa shape index (κ1) is 12.6. The first-order valence-corrected chi connectivity index (χ1v) is 7.21. The SMILES string of the molecule is CCc1ccc(C(=O)NCC[C@@H]2CCCN2)s1. The lowest BCUT2D eigenvalue weighted by molar-refractivity contribution is 0.0956. The molecule has 0 spiro atoms. The van der Waals surface area contributed by atoms with Gasteiger partial charge in [-0.15, -0.1) is 11.3 Å². The molecule has 1 aromatic heterocycles. The van der Waals surface area contributed by atoms with Gasteiger partial charge >= 0.3 is 0 Å². The summed E-state index contributed by atoms with van der Waals surface area (Å²) in [4.78, 5) is 13.9. The Hall–Kier alpha value is -0.870. The van der Waals surface area contributed by atoms with Crippen LogP contribution in [-0.4, -0.2) is 25.0 Å². The van der Waals surface area contributed by atoms with Gasteiger partial charge in [-0.2, -0.15) is 0 Å². The molecule has 0 radical (unpaired) electrons. The summed E-state index contributed by atoms with van der Waals surface area (Å²) < 4.78 is 0. The van der Waals surface area contributed by atoms with Gasteiger partial charge in [-0.1, -0.05) is 6.92 Å². The summed E-state index contributed by atoms with van der Waals surface area (Å²) in [7, 11) is 0. The van der Waals surface area contributed by atoms with E-state index in [1.54, 1.807) is 11.3 Å². The summed E-state index contributed by atoms with van der Waals surface area (Å²) in [6.07, 6.45) is 4.56. The average Bonchev–Trinajstić information content (AvgIpc) is 2.99. The number of hydrogen-bond donors (Lipinski definition) is 2. The van der Waals surface area contributed by atoms with Crippen LogP contribution in [0.2, 0.25) is 0 Å². The first-order chi connectivity index (χ1) is 8.29. The number of hydrogen-bond acceptors (Lipinski definition) is 3. The van der Waals surface area contributed by atoms with Gasteiger partial charge in [0.1, 0.15) is 0 Å². The molecule has 4 heteroatoms. The quantitative estimate of drug-likeness (QED) is 0.843. The lowest BCUT2D eigenvalue weighted by atomic mass is 10.1. The first-order valence-electron chi connectivity index (χ1n) is 6.40. The van der Waals surface area contributed by atoms with Crippen LogP contribution in [0.4, 0.5) is 0 Å². The minimum absolute atomic E-state index is 0.0766. The van der Waals surface area contributed by atoms with E-state index in [1.165, 1.54) is 17.7 Å². The number of thiophene rings is 1. The Kier molecular flexibility index (Phi) is 4.57. The van der Waals surface area contributed by atoms with E-state index in [2.05, 4.69) is 17.6 Å². The standard InChI is InChI=1S/C13H20N2OS/c1-2-11-5-6-12(17-11)13(16)15-9-7-10-4-3-8-14-10/h5-6,10,14H,2-4,7-9H2,1H3,(H,15,16)/t10-/m0/s1. The molecule has 1 aliphatic rings. The van der Waals surface area contributed by atoms with Crippen molar-refractivity contribution in [3.63, 3.8) is 0 Å². The van der Waals surface area contributed by atoms with Gasteiger partial charge in [0.2, 0.25) is 0 Å². The maximum Gasteiger partial charge on any atom is 0.261 e. The molecule has 2 heterocycles. The molecule has 1 aromatic rings. The summed E-state index contributed by atoms with van der Waals surface area (Å²) in [5.74, 6) is 0.0766. The second kappa shape index (κ2) is 6.17. The van der Waals surface area contributed by atoms with Gasteiger partial charge in [0.25, 0.3) is 5.91 Å². The van der Waals surface area contributed by atoms with Gasteiger partial charge < -0.3 is 10.6 Å². The minimum atomic E-state index is 0.0766. The van der Waals surface area contributed by atoms with Gasteiger partial charge in [-0.3, -0.25) is 4.79 Å². The highest BCUT2D eigenvalue weighted by molar-refractivity contribution is 7.14. The topological polar surface area (TPSA) is 41.1 Å². The Bertz CT molecular complexity index is 369. The van der Waals surface area contributed by atoms with E-state index in [0.717, 1.165) is 30.8 Å². The summed E-state index contributed by atoms with van der Waals surface area (Å²) in [5, 5.41) is 6.43. The molecule has 1 amide bonds. The zero-order chi connectivity index (χ0) is 12.1. The summed E-state index contributed by atoms with van der Waals surface area (Å²) in [6.45, 7) is 4.01. The minimum Gasteiger partial charge on any atom is -0.351 e. The molecule has 17 heavy (non-hydrogen) atoms. The molecule has 1 atom stereocenters. The fourth-order valence-corrected chi connectivity index (χ4v) is 3.00. The van der Waals surface area contributed by atoms with Crippen molar-refractivity contribution in [2.45, 2.75) is 38.6 Å². The van der Waals surface area contributed by atoms with Crippen molar-refractivity contribution in [2.24, 2.45) is 0 Å². The van der Waals surface area contributed by atoms with Gasteiger partial charge in [-0.25, -0.2) is 0 Å². The molecule has 0 saturated carbocycles. The highest BCUT2D eigenvalue weighted by atomic mass is 32.1. The largest absolute Gasteiger partial charge is 0.351 e. The molecule has 1 aliphatic heterocycles. The van der Waals surface area contributed by atoms with Gasteiger partial charge in [0, 0.05) is 17.5 Å². The van der Waals surface area contributed by atoms with Crippen LogP contribution in [0.25, 0.3) is 0 Å². The lowest BCUT2D eigenvalue weighted by Gasteiger charge is -2.10. The fourth-order valence-electron chi connectivity index (χ4n) is 2.14. The molecule has 0 aromatic carbocycles. The molecular formula is C13H20N2OS. The van der Waals surface area contributed by atoms with E-state index in [9.17, 15) is 4.79 Å². The zero-order valence-corrected chi connectivity index (χ0v) is 11.1. The van der Waals surface area contributed by atoms with Gasteiger partial charge in [0.05, 0.1) is 4.88 Å². The van der Waals surface area contributed by atoms with Crippen LogP contribution in [-0.2, 0) is 6.42 Å². The smallest absolute Gasteiger partial charge is 0.261 e. The van der Waals surface area contributed by atoms with Crippen LogP contribution < -0.4 is 10.6 Å². The van der Waals surface area contributed by atoms with Crippen molar-refractivity contribution in [2.75, 3.05) is 13.1 Å². The zero-order valence-electron chi connectivity index (χ0n) is 10.3. The molecule has 94 valence electrons. The van der Waals surface area contributed by atoms with Crippen molar-refractivity contribution < 1.29 is 4.79 Å². The molecule has 2 rings (SSSR count). The van der Waals surface area contributed by atoms with E-state index < -0.39 is 0 Å². The second-order valence-electron chi connectivity index (χ2n) is 4.46. The average molecular weight is 252 g/mol. The summed E-state index contributed by atoms with van der Waals surface area (Å²) in [6, 6.07) is 4.56. The van der Waals surface area contributed by atoms with E-state index in [1.807, 2.05) is 12.1 Å². The lowest BCUT2D eigenvalue weighted by Crippen LogP contribution is -2.30. The van der Waals surface area contributed by atoms with Crippen molar-refractivity contribution in [1.82, 2.24) is 10.6 Å². The molecule has 0 unspecified atom stereocenters. The van der Waals surface area contributed by atoms with Crippen molar-refractivity contribution in [3.8, 4) is 0 Å². The summed E-state index contributed by atoms with van der Waals surface area (Å²) >= 11 is 1.60. The number of carbonyl (C=O) groups excluding carboxylic acids is 1. The number of rotatable bonds is 5. The normalized spacial score (nSPS) is 19.5. The molecule has 0 bridgehead atoms. The van der Waals surface area contributed by atoms with E-state index in [4.69, 9.17) is 0 Å². The fraction of sp³-hybridized carbons (Fsp3) is 0.615. The third kappa shape index (κ3) is 3.54. The Morgan fingerprint density at radius 2 is 2.47 bits per heavy atom. The van der Waals surface area contributed by atoms with Gasteiger partial charge in [-0.05, 0) is 44.4 Å². The maximum atomic E-state index is 11.8. The monoisotopic (exact) mass is 252 g/mol. The predicted molar refractivity (Wildman–Crippen MR) is 71.7 cm³/mol. The number of amides is 1. The van der Waals surface area contributed by atoms with E-state index in [-0.39, 0.29) is 5.91 Å².